The number of anilines is 1. The first-order valence-electron chi connectivity index (χ1n) is 8.89. The van der Waals surface area contributed by atoms with Crippen molar-refractivity contribution in [3.05, 3.63) is 52.4 Å². The summed E-state index contributed by atoms with van der Waals surface area (Å²) in [5, 5.41) is 5.75. The SMILES string of the molecule is Cc1cc(C)nc(NC(=NCCc2c[nH]c3ccc(Cl)cc23)NC(=O)C(F)(F)F)n1.O. The Labute approximate surface area is 180 Å². The molecule has 0 saturated heterocycles. The zero-order valence-corrected chi connectivity index (χ0v) is 17.3. The van der Waals surface area contributed by atoms with Gasteiger partial charge in [0.15, 0.2) is 0 Å². The quantitative estimate of drug-likeness (QED) is 0.412. The van der Waals surface area contributed by atoms with Crippen LogP contribution in [0.5, 0.6) is 0 Å². The average Bonchev–Trinajstić information content (AvgIpc) is 3.02. The van der Waals surface area contributed by atoms with E-state index >= 15 is 0 Å². The van der Waals surface area contributed by atoms with Gasteiger partial charge in [0, 0.05) is 40.1 Å². The van der Waals surface area contributed by atoms with Crippen molar-refractivity contribution >= 4 is 40.3 Å². The minimum atomic E-state index is -5.06. The van der Waals surface area contributed by atoms with Crippen molar-refractivity contribution in [3.8, 4) is 0 Å². The van der Waals surface area contributed by atoms with Gasteiger partial charge in [-0.05, 0) is 50.1 Å². The van der Waals surface area contributed by atoms with Crippen LogP contribution in [0.4, 0.5) is 19.1 Å². The molecule has 0 aliphatic heterocycles. The minimum Gasteiger partial charge on any atom is -0.412 e. The molecule has 31 heavy (non-hydrogen) atoms. The number of nitrogens with zero attached hydrogens (tertiary/aromatic N) is 3. The molecule has 3 aromatic rings. The summed E-state index contributed by atoms with van der Waals surface area (Å²) in [4.78, 5) is 26.8. The number of hydrogen-bond donors (Lipinski definition) is 3. The number of fused-ring (bicyclic) bond motifs is 1. The lowest BCUT2D eigenvalue weighted by atomic mass is 10.1. The number of halogens is 4. The average molecular weight is 457 g/mol. The minimum absolute atomic E-state index is 0. The van der Waals surface area contributed by atoms with Gasteiger partial charge in [-0.1, -0.05) is 11.6 Å². The molecule has 166 valence electrons. The van der Waals surface area contributed by atoms with Crippen molar-refractivity contribution in [3.63, 3.8) is 0 Å². The zero-order valence-electron chi connectivity index (χ0n) is 16.6. The van der Waals surface area contributed by atoms with Crippen LogP contribution < -0.4 is 10.6 Å². The number of hydrogen-bond acceptors (Lipinski definition) is 4. The van der Waals surface area contributed by atoms with Gasteiger partial charge in [-0.3, -0.25) is 20.4 Å². The van der Waals surface area contributed by atoms with Crippen LogP contribution in [0.2, 0.25) is 5.02 Å². The van der Waals surface area contributed by atoms with Crippen molar-refractivity contribution in [2.75, 3.05) is 11.9 Å². The molecule has 0 aliphatic rings. The van der Waals surface area contributed by atoms with E-state index in [1.54, 1.807) is 43.6 Å². The molecule has 0 spiro atoms. The molecular formula is C19H20ClF3N6O2. The Hall–Kier alpha value is -3.18. The summed E-state index contributed by atoms with van der Waals surface area (Å²) in [7, 11) is 0. The number of carbonyl (C=O) groups excluding carboxylic acids is 1. The number of carbonyl (C=O) groups is 1. The Morgan fingerprint density at radius 2 is 1.87 bits per heavy atom. The smallest absolute Gasteiger partial charge is 0.412 e. The van der Waals surface area contributed by atoms with Crippen LogP contribution in [0.3, 0.4) is 0 Å². The van der Waals surface area contributed by atoms with Gasteiger partial charge in [-0.15, -0.1) is 0 Å². The lowest BCUT2D eigenvalue weighted by Gasteiger charge is -2.12. The Balaban J connectivity index is 0.00000341. The summed E-state index contributed by atoms with van der Waals surface area (Å²) in [6.45, 7) is 3.53. The zero-order chi connectivity index (χ0) is 21.9. The number of benzene rings is 1. The predicted octanol–water partition coefficient (Wildman–Crippen LogP) is 3.09. The molecule has 12 heteroatoms. The molecule has 0 fully saturated rings. The third-order valence-corrected chi connectivity index (χ3v) is 4.32. The van der Waals surface area contributed by atoms with E-state index in [-0.39, 0.29) is 23.9 Å². The summed E-state index contributed by atoms with van der Waals surface area (Å²) in [5.41, 5.74) is 3.00. The Morgan fingerprint density at radius 3 is 2.52 bits per heavy atom. The van der Waals surface area contributed by atoms with E-state index in [4.69, 9.17) is 11.6 Å². The molecule has 2 aromatic heterocycles. The van der Waals surface area contributed by atoms with Crippen molar-refractivity contribution in [1.82, 2.24) is 20.3 Å². The second kappa shape index (κ2) is 9.75. The Kier molecular flexibility index (Phi) is 7.58. The van der Waals surface area contributed by atoms with Gasteiger partial charge in [0.05, 0.1) is 0 Å². The molecule has 0 radical (unpaired) electrons. The number of aryl methyl sites for hydroxylation is 2. The van der Waals surface area contributed by atoms with E-state index in [2.05, 4.69) is 25.3 Å². The fourth-order valence-electron chi connectivity index (χ4n) is 2.82. The summed E-state index contributed by atoms with van der Waals surface area (Å²) >= 11 is 6.03. The highest BCUT2D eigenvalue weighted by molar-refractivity contribution is 6.31. The Bertz CT molecular complexity index is 1090. The van der Waals surface area contributed by atoms with E-state index in [1.807, 2.05) is 6.07 Å². The molecule has 0 unspecified atom stereocenters. The molecule has 0 saturated carbocycles. The standard InChI is InChI=1S/C19H18ClF3N6O.H2O/c1-10-7-11(2)27-18(26-10)29-17(28-16(30)19(21,22)23)24-6-5-12-9-25-15-4-3-13(20)8-14(12)15;/h3-4,7-9,25H,5-6H2,1-2H3,(H2,24,26,27,28,29,30);1H2. The fraction of sp³-hybridized carbons (Fsp3) is 0.263. The van der Waals surface area contributed by atoms with Crippen LogP contribution in [-0.2, 0) is 11.2 Å². The third-order valence-electron chi connectivity index (χ3n) is 4.08. The molecule has 3 rings (SSSR count). The van der Waals surface area contributed by atoms with Crippen LogP contribution in [0.25, 0.3) is 10.9 Å². The number of aromatic nitrogens is 3. The topological polar surface area (TPSA) is 127 Å². The molecule has 5 N–H and O–H groups in total. The maximum Gasteiger partial charge on any atom is 0.471 e. The van der Waals surface area contributed by atoms with Gasteiger partial charge in [0.2, 0.25) is 11.9 Å². The van der Waals surface area contributed by atoms with Gasteiger partial charge >= 0.3 is 12.1 Å². The van der Waals surface area contributed by atoms with E-state index < -0.39 is 12.1 Å². The van der Waals surface area contributed by atoms with Crippen LogP contribution in [0.15, 0.2) is 35.5 Å². The summed E-state index contributed by atoms with van der Waals surface area (Å²) in [5.74, 6) is -2.50. The van der Waals surface area contributed by atoms with E-state index in [0.717, 1.165) is 16.5 Å². The van der Waals surface area contributed by atoms with Crippen LogP contribution in [-0.4, -0.2) is 45.0 Å². The number of alkyl halides is 3. The highest BCUT2D eigenvalue weighted by Gasteiger charge is 2.39. The van der Waals surface area contributed by atoms with Gasteiger partial charge in [0.1, 0.15) is 0 Å². The number of guanidine groups is 1. The van der Waals surface area contributed by atoms with E-state index in [9.17, 15) is 18.0 Å². The number of aromatic amines is 1. The highest BCUT2D eigenvalue weighted by Crippen LogP contribution is 2.22. The lowest BCUT2D eigenvalue weighted by molar-refractivity contribution is -0.171. The first-order chi connectivity index (χ1) is 14.1. The number of H-pyrrole nitrogens is 1. The van der Waals surface area contributed by atoms with Crippen molar-refractivity contribution in [1.29, 1.82) is 0 Å². The molecule has 1 amide bonds. The first-order valence-corrected chi connectivity index (χ1v) is 9.27. The molecule has 0 aliphatic carbocycles. The fourth-order valence-corrected chi connectivity index (χ4v) is 2.99. The molecule has 2 heterocycles. The monoisotopic (exact) mass is 456 g/mol. The second-order valence-corrected chi connectivity index (χ2v) is 6.97. The summed E-state index contributed by atoms with van der Waals surface area (Å²) in [6.07, 6.45) is -2.87. The van der Waals surface area contributed by atoms with Crippen molar-refractivity contribution in [2.45, 2.75) is 26.4 Å². The number of aliphatic imine (C=N–C) groups is 1. The highest BCUT2D eigenvalue weighted by atomic mass is 35.5. The van der Waals surface area contributed by atoms with Crippen LogP contribution >= 0.6 is 11.6 Å². The van der Waals surface area contributed by atoms with Gasteiger partial charge in [-0.2, -0.15) is 13.2 Å². The van der Waals surface area contributed by atoms with Gasteiger partial charge < -0.3 is 10.5 Å². The van der Waals surface area contributed by atoms with Gasteiger partial charge in [-0.25, -0.2) is 9.97 Å². The van der Waals surface area contributed by atoms with Crippen molar-refractivity contribution < 1.29 is 23.4 Å². The number of nitrogens with one attached hydrogen (secondary N) is 3. The maximum absolute atomic E-state index is 12.7. The van der Waals surface area contributed by atoms with Gasteiger partial charge in [0.25, 0.3) is 0 Å². The third kappa shape index (κ3) is 6.40. The molecule has 0 bridgehead atoms. The normalized spacial score (nSPS) is 11.9. The van der Waals surface area contributed by atoms with E-state index in [0.29, 0.717) is 22.8 Å². The molecule has 8 nitrogen and oxygen atoms in total. The van der Waals surface area contributed by atoms with Crippen LogP contribution in [0, 0.1) is 13.8 Å². The summed E-state index contributed by atoms with van der Waals surface area (Å²) < 4.78 is 38.1. The number of amides is 1. The second-order valence-electron chi connectivity index (χ2n) is 6.54. The molecule has 0 atom stereocenters. The largest absolute Gasteiger partial charge is 0.471 e. The first kappa shape index (κ1) is 24.1. The van der Waals surface area contributed by atoms with E-state index in [1.165, 1.54) is 0 Å². The lowest BCUT2D eigenvalue weighted by Crippen LogP contribution is -2.44. The molecular weight excluding hydrogens is 437 g/mol. The molecule has 1 aromatic carbocycles. The van der Waals surface area contributed by atoms with Crippen LogP contribution in [0.1, 0.15) is 17.0 Å². The predicted molar refractivity (Wildman–Crippen MR) is 112 cm³/mol. The Morgan fingerprint density at radius 1 is 1.19 bits per heavy atom. The number of rotatable bonds is 4. The maximum atomic E-state index is 12.7. The van der Waals surface area contributed by atoms with Crippen molar-refractivity contribution in [2.24, 2.45) is 4.99 Å². The summed E-state index contributed by atoms with van der Waals surface area (Å²) in [6, 6.07) is 7.08.